The molecular weight excluding hydrogens is 314 g/mol. The number of ether oxygens (including phenoxy) is 1. The molecule has 1 aromatic carbocycles. The van der Waals surface area contributed by atoms with Gasteiger partial charge in [0.25, 0.3) is 0 Å². The Hall–Kier alpha value is -1.10. The molecule has 1 aliphatic heterocycles. The van der Waals surface area contributed by atoms with Crippen molar-refractivity contribution in [1.82, 2.24) is 4.31 Å². The summed E-state index contributed by atoms with van der Waals surface area (Å²) in [6, 6.07) is 4.61. The number of nitrogens with zero attached hydrogens (tertiary/aromatic N) is 1. The molecular formula is C14H16ClNO4S. The van der Waals surface area contributed by atoms with Gasteiger partial charge in [-0.25, -0.2) is 8.42 Å². The SMILES string of the molecule is O=S(=O)(c1ccc(C#CCCO)cc1Cl)N1CCOCC1. The first kappa shape index (κ1) is 16.3. The van der Waals surface area contributed by atoms with Crippen molar-refractivity contribution in [1.29, 1.82) is 0 Å². The molecule has 5 nitrogen and oxygen atoms in total. The van der Waals surface area contributed by atoms with E-state index in [1.54, 1.807) is 6.07 Å². The lowest BCUT2D eigenvalue weighted by molar-refractivity contribution is 0.0730. The van der Waals surface area contributed by atoms with Gasteiger partial charge in [0.2, 0.25) is 10.0 Å². The van der Waals surface area contributed by atoms with E-state index in [1.165, 1.54) is 16.4 Å². The Balaban J connectivity index is 2.26. The Morgan fingerprint density at radius 1 is 1.33 bits per heavy atom. The summed E-state index contributed by atoms with van der Waals surface area (Å²) in [6.07, 6.45) is 0.367. The van der Waals surface area contributed by atoms with Gasteiger partial charge in [-0.1, -0.05) is 23.4 Å². The van der Waals surface area contributed by atoms with Crippen LogP contribution >= 0.6 is 11.6 Å². The summed E-state index contributed by atoms with van der Waals surface area (Å²) >= 11 is 6.09. The number of rotatable bonds is 3. The van der Waals surface area contributed by atoms with E-state index in [4.69, 9.17) is 21.4 Å². The van der Waals surface area contributed by atoms with Crippen LogP contribution in [0, 0.1) is 11.8 Å². The van der Waals surface area contributed by atoms with Gasteiger partial charge in [0.15, 0.2) is 0 Å². The zero-order valence-corrected chi connectivity index (χ0v) is 13.0. The predicted octanol–water partition coefficient (Wildman–Crippen LogP) is 1.09. The van der Waals surface area contributed by atoms with E-state index in [2.05, 4.69) is 11.8 Å². The van der Waals surface area contributed by atoms with Gasteiger partial charge in [0, 0.05) is 25.1 Å². The third kappa shape index (κ3) is 3.96. The summed E-state index contributed by atoms with van der Waals surface area (Å²) in [7, 11) is -3.60. The molecule has 1 saturated heterocycles. The van der Waals surface area contributed by atoms with Crippen molar-refractivity contribution in [3.05, 3.63) is 28.8 Å². The molecule has 1 aromatic rings. The van der Waals surface area contributed by atoms with E-state index in [0.29, 0.717) is 38.3 Å². The number of halogens is 1. The molecule has 2 rings (SSSR count). The second kappa shape index (κ2) is 7.25. The maximum absolute atomic E-state index is 12.5. The second-order valence-corrected chi connectivity index (χ2v) is 6.75. The molecule has 0 bridgehead atoms. The Bertz CT molecular complexity index is 657. The highest BCUT2D eigenvalue weighted by Crippen LogP contribution is 2.26. The minimum atomic E-state index is -3.60. The maximum Gasteiger partial charge on any atom is 0.244 e. The molecule has 1 aliphatic rings. The Morgan fingerprint density at radius 3 is 2.67 bits per heavy atom. The molecule has 0 saturated carbocycles. The van der Waals surface area contributed by atoms with Gasteiger partial charge in [-0.15, -0.1) is 0 Å². The number of sulfonamides is 1. The van der Waals surface area contributed by atoms with Crippen LogP contribution in [0.15, 0.2) is 23.1 Å². The highest BCUT2D eigenvalue weighted by molar-refractivity contribution is 7.89. The molecule has 0 amide bonds. The lowest BCUT2D eigenvalue weighted by Crippen LogP contribution is -2.40. The summed E-state index contributed by atoms with van der Waals surface area (Å²) in [5.41, 5.74) is 0.620. The first-order valence-corrected chi connectivity index (χ1v) is 8.34. The summed E-state index contributed by atoms with van der Waals surface area (Å²) in [4.78, 5) is 0.0822. The van der Waals surface area contributed by atoms with Crippen molar-refractivity contribution in [2.24, 2.45) is 0 Å². The predicted molar refractivity (Wildman–Crippen MR) is 79.6 cm³/mol. The van der Waals surface area contributed by atoms with E-state index >= 15 is 0 Å². The van der Waals surface area contributed by atoms with Crippen LogP contribution in [0.4, 0.5) is 0 Å². The van der Waals surface area contributed by atoms with Crippen LogP contribution in [0.1, 0.15) is 12.0 Å². The molecule has 114 valence electrons. The zero-order chi connectivity index (χ0) is 15.3. The van der Waals surface area contributed by atoms with Gasteiger partial charge in [0.05, 0.1) is 24.8 Å². The maximum atomic E-state index is 12.5. The Morgan fingerprint density at radius 2 is 2.05 bits per heavy atom. The van der Waals surface area contributed by atoms with E-state index in [0.717, 1.165) is 0 Å². The average Bonchev–Trinajstić information content (AvgIpc) is 2.48. The van der Waals surface area contributed by atoms with E-state index in [9.17, 15) is 8.42 Å². The van der Waals surface area contributed by atoms with Gasteiger partial charge in [-0.3, -0.25) is 0 Å². The van der Waals surface area contributed by atoms with Crippen LogP contribution in [0.25, 0.3) is 0 Å². The topological polar surface area (TPSA) is 66.8 Å². The third-order valence-electron chi connectivity index (χ3n) is 2.99. The van der Waals surface area contributed by atoms with Crippen LogP contribution in [-0.4, -0.2) is 50.7 Å². The molecule has 1 N–H and O–H groups in total. The molecule has 1 heterocycles. The van der Waals surface area contributed by atoms with Crippen molar-refractivity contribution < 1.29 is 18.3 Å². The first-order chi connectivity index (χ1) is 10.1. The number of hydrogen-bond donors (Lipinski definition) is 1. The second-order valence-electron chi connectivity index (χ2n) is 4.44. The quantitative estimate of drug-likeness (QED) is 0.843. The average molecular weight is 330 g/mol. The van der Waals surface area contributed by atoms with Crippen molar-refractivity contribution in [2.45, 2.75) is 11.3 Å². The molecule has 1 fully saturated rings. The van der Waals surface area contributed by atoms with Crippen molar-refractivity contribution in [3.8, 4) is 11.8 Å². The first-order valence-electron chi connectivity index (χ1n) is 6.53. The van der Waals surface area contributed by atoms with E-state index < -0.39 is 10.0 Å². The lowest BCUT2D eigenvalue weighted by Gasteiger charge is -2.26. The fraction of sp³-hybridized carbons (Fsp3) is 0.429. The van der Waals surface area contributed by atoms with Crippen molar-refractivity contribution in [2.75, 3.05) is 32.9 Å². The van der Waals surface area contributed by atoms with Gasteiger partial charge >= 0.3 is 0 Å². The molecule has 0 spiro atoms. The number of aliphatic hydroxyl groups is 1. The Labute approximate surface area is 129 Å². The molecule has 21 heavy (non-hydrogen) atoms. The molecule has 0 aliphatic carbocycles. The van der Waals surface area contributed by atoms with Crippen molar-refractivity contribution in [3.63, 3.8) is 0 Å². The molecule has 0 radical (unpaired) electrons. The van der Waals surface area contributed by atoms with Gasteiger partial charge < -0.3 is 9.84 Å². The number of benzene rings is 1. The Kier molecular flexibility index (Phi) is 5.62. The molecule has 0 unspecified atom stereocenters. The molecule has 0 aromatic heterocycles. The monoisotopic (exact) mass is 329 g/mol. The zero-order valence-electron chi connectivity index (χ0n) is 11.4. The van der Waals surface area contributed by atoms with Crippen LogP contribution in [0.5, 0.6) is 0 Å². The van der Waals surface area contributed by atoms with Crippen LogP contribution in [-0.2, 0) is 14.8 Å². The van der Waals surface area contributed by atoms with Crippen molar-refractivity contribution >= 4 is 21.6 Å². The number of morpholine rings is 1. The minimum absolute atomic E-state index is 0.00970. The van der Waals surface area contributed by atoms with Crippen LogP contribution in [0.3, 0.4) is 0 Å². The third-order valence-corrected chi connectivity index (χ3v) is 5.37. The fourth-order valence-electron chi connectivity index (χ4n) is 1.93. The number of aliphatic hydroxyl groups excluding tert-OH is 1. The fourth-order valence-corrected chi connectivity index (χ4v) is 3.86. The summed E-state index contributed by atoms with van der Waals surface area (Å²) in [5.74, 6) is 5.59. The number of hydrogen-bond acceptors (Lipinski definition) is 4. The largest absolute Gasteiger partial charge is 0.395 e. The summed E-state index contributed by atoms with van der Waals surface area (Å²) < 4.78 is 31.5. The lowest BCUT2D eigenvalue weighted by atomic mass is 10.2. The van der Waals surface area contributed by atoms with Crippen LogP contribution < -0.4 is 0 Å². The molecule has 7 heteroatoms. The smallest absolute Gasteiger partial charge is 0.244 e. The van der Waals surface area contributed by atoms with Gasteiger partial charge in [-0.05, 0) is 18.2 Å². The summed E-state index contributed by atoms with van der Waals surface area (Å²) in [6.45, 7) is 1.43. The van der Waals surface area contributed by atoms with E-state index in [1.807, 2.05) is 0 Å². The normalized spacial score (nSPS) is 16.3. The highest BCUT2D eigenvalue weighted by atomic mass is 35.5. The summed E-state index contributed by atoms with van der Waals surface area (Å²) in [5, 5.41) is 8.82. The van der Waals surface area contributed by atoms with E-state index in [-0.39, 0.29) is 16.5 Å². The molecule has 0 atom stereocenters. The standard InChI is InChI=1S/C14H16ClNO4S/c15-13-11-12(3-1-2-8-17)4-5-14(13)21(18,19)16-6-9-20-10-7-16/h4-5,11,17H,2,6-10H2. The van der Waals surface area contributed by atoms with Gasteiger partial charge in [-0.2, -0.15) is 4.31 Å². The highest BCUT2D eigenvalue weighted by Gasteiger charge is 2.28. The van der Waals surface area contributed by atoms with Crippen LogP contribution in [0.2, 0.25) is 5.02 Å². The van der Waals surface area contributed by atoms with Gasteiger partial charge in [0.1, 0.15) is 4.90 Å². The minimum Gasteiger partial charge on any atom is -0.395 e.